The van der Waals surface area contributed by atoms with Crippen LogP contribution in [0.15, 0.2) is 6.07 Å². The van der Waals surface area contributed by atoms with Gasteiger partial charge in [-0.05, 0) is 27.2 Å². The molecule has 138 valence electrons. The molecule has 2 atom stereocenters. The summed E-state index contributed by atoms with van der Waals surface area (Å²) in [6.07, 6.45) is 1.65. The van der Waals surface area contributed by atoms with Crippen LogP contribution >= 0.6 is 0 Å². The first-order valence-corrected chi connectivity index (χ1v) is 8.53. The molecule has 0 radical (unpaired) electrons. The molecule has 3 amide bonds. The fourth-order valence-corrected chi connectivity index (χ4v) is 2.73. The number of nitrogens with one attached hydrogen (secondary N) is 4. The first kappa shape index (κ1) is 18.9. The summed E-state index contributed by atoms with van der Waals surface area (Å²) in [6, 6.07) is 1.55. The van der Waals surface area contributed by atoms with E-state index < -0.39 is 18.1 Å². The van der Waals surface area contributed by atoms with E-state index in [1.807, 2.05) is 0 Å². The van der Waals surface area contributed by atoms with Crippen molar-refractivity contribution >= 4 is 23.5 Å². The summed E-state index contributed by atoms with van der Waals surface area (Å²) in [5.41, 5.74) is 0.660. The predicted octanol–water partition coefficient (Wildman–Crippen LogP) is 0.389. The van der Waals surface area contributed by atoms with E-state index in [1.165, 1.54) is 4.68 Å². The van der Waals surface area contributed by atoms with E-state index in [0.717, 1.165) is 12.8 Å². The van der Waals surface area contributed by atoms with Gasteiger partial charge in [-0.25, -0.2) is 4.68 Å². The Kier molecular flexibility index (Phi) is 6.13. The summed E-state index contributed by atoms with van der Waals surface area (Å²) < 4.78 is 1.48. The molecule has 0 aliphatic carbocycles. The number of nitrogens with zero attached hydrogens (tertiary/aromatic N) is 2. The fourth-order valence-electron chi connectivity index (χ4n) is 2.73. The summed E-state index contributed by atoms with van der Waals surface area (Å²) in [5.74, 6) is -1.23. The van der Waals surface area contributed by atoms with Gasteiger partial charge in [0.1, 0.15) is 5.82 Å². The number of carbonyl (C=O) groups excluding carboxylic acids is 3. The van der Waals surface area contributed by atoms with E-state index in [4.69, 9.17) is 0 Å². The zero-order valence-corrected chi connectivity index (χ0v) is 15.0. The van der Waals surface area contributed by atoms with Gasteiger partial charge >= 0.3 is 11.8 Å². The first-order valence-electron chi connectivity index (χ1n) is 8.53. The Morgan fingerprint density at radius 3 is 2.76 bits per heavy atom. The van der Waals surface area contributed by atoms with E-state index in [2.05, 4.69) is 33.3 Å². The van der Waals surface area contributed by atoms with Crippen LogP contribution in [-0.4, -0.2) is 39.6 Å². The number of aromatic nitrogens is 2. The standard InChI is InChI=1S/C16H26N6O3/c1-5-6-11-8-13(23)20-16(18-11)22-12(7-10(4)21-22)19-15(25)14(24)17-9(2)3/h7,9,11,16,18H,5-6,8H2,1-4H3,(H,17,24)(H,19,25)(H,20,23). The predicted molar refractivity (Wildman–Crippen MR) is 92.5 cm³/mol. The minimum absolute atomic E-state index is 0.0426. The molecule has 9 nitrogen and oxygen atoms in total. The highest BCUT2D eigenvalue weighted by molar-refractivity contribution is 6.39. The Morgan fingerprint density at radius 2 is 2.12 bits per heavy atom. The maximum atomic E-state index is 12.1. The molecule has 25 heavy (non-hydrogen) atoms. The molecule has 0 saturated carbocycles. The molecule has 2 rings (SSSR count). The SMILES string of the molecule is CCCC1CC(=O)NC(n2nc(C)cc2NC(=O)C(=O)NC(C)C)N1. The van der Waals surface area contributed by atoms with Crippen molar-refractivity contribution in [2.45, 2.75) is 65.3 Å². The van der Waals surface area contributed by atoms with Crippen molar-refractivity contribution in [1.82, 2.24) is 25.7 Å². The fraction of sp³-hybridized carbons (Fsp3) is 0.625. The zero-order chi connectivity index (χ0) is 18.6. The molecular formula is C16H26N6O3. The van der Waals surface area contributed by atoms with Gasteiger partial charge in [-0.1, -0.05) is 13.3 Å². The van der Waals surface area contributed by atoms with Crippen LogP contribution in [0.2, 0.25) is 0 Å². The average Bonchev–Trinajstić information content (AvgIpc) is 2.87. The number of aryl methyl sites for hydroxylation is 1. The highest BCUT2D eigenvalue weighted by Crippen LogP contribution is 2.18. The molecule has 1 aromatic rings. The number of carbonyl (C=O) groups is 3. The summed E-state index contributed by atoms with van der Waals surface area (Å²) in [4.78, 5) is 35.8. The van der Waals surface area contributed by atoms with Gasteiger partial charge in [0.2, 0.25) is 5.91 Å². The molecule has 0 spiro atoms. The van der Waals surface area contributed by atoms with E-state index in [9.17, 15) is 14.4 Å². The van der Waals surface area contributed by atoms with Crippen molar-refractivity contribution in [3.63, 3.8) is 0 Å². The Labute approximate surface area is 146 Å². The van der Waals surface area contributed by atoms with E-state index in [1.54, 1.807) is 26.8 Å². The number of rotatable bonds is 5. The topological polar surface area (TPSA) is 117 Å². The first-order chi connectivity index (χ1) is 11.8. The summed E-state index contributed by atoms with van der Waals surface area (Å²) >= 11 is 0. The molecule has 4 N–H and O–H groups in total. The van der Waals surface area contributed by atoms with Crippen molar-refractivity contribution in [3.8, 4) is 0 Å². The quantitative estimate of drug-likeness (QED) is 0.573. The maximum absolute atomic E-state index is 12.1. The average molecular weight is 350 g/mol. The van der Waals surface area contributed by atoms with Crippen LogP contribution in [0, 0.1) is 6.92 Å². The van der Waals surface area contributed by atoms with Gasteiger partial charge < -0.3 is 16.0 Å². The lowest BCUT2D eigenvalue weighted by Gasteiger charge is -2.32. The molecule has 0 bridgehead atoms. The van der Waals surface area contributed by atoms with E-state index >= 15 is 0 Å². The highest BCUT2D eigenvalue weighted by atomic mass is 16.2. The van der Waals surface area contributed by atoms with Gasteiger partial charge in [-0.15, -0.1) is 0 Å². The smallest absolute Gasteiger partial charge is 0.314 e. The van der Waals surface area contributed by atoms with Gasteiger partial charge in [0, 0.05) is 24.6 Å². The van der Waals surface area contributed by atoms with Crippen molar-refractivity contribution in [2.75, 3.05) is 5.32 Å². The third kappa shape index (κ3) is 5.02. The minimum Gasteiger partial charge on any atom is -0.346 e. The van der Waals surface area contributed by atoms with E-state index in [-0.39, 0.29) is 18.0 Å². The van der Waals surface area contributed by atoms with Crippen LogP contribution in [0.4, 0.5) is 5.82 Å². The largest absolute Gasteiger partial charge is 0.346 e. The second-order valence-electron chi connectivity index (χ2n) is 6.52. The minimum atomic E-state index is -0.776. The van der Waals surface area contributed by atoms with Crippen molar-refractivity contribution < 1.29 is 14.4 Å². The van der Waals surface area contributed by atoms with Gasteiger partial charge in [0.15, 0.2) is 6.29 Å². The second-order valence-corrected chi connectivity index (χ2v) is 6.52. The third-order valence-electron chi connectivity index (χ3n) is 3.73. The van der Waals surface area contributed by atoms with Gasteiger partial charge in [0.05, 0.1) is 5.69 Å². The Morgan fingerprint density at radius 1 is 1.40 bits per heavy atom. The summed E-state index contributed by atoms with van der Waals surface area (Å²) in [5, 5.41) is 15.5. The number of amides is 3. The van der Waals surface area contributed by atoms with Crippen LogP contribution in [-0.2, 0) is 14.4 Å². The monoisotopic (exact) mass is 350 g/mol. The molecule has 1 aliphatic heterocycles. The second kappa shape index (κ2) is 8.11. The summed E-state index contributed by atoms with van der Waals surface area (Å²) in [7, 11) is 0. The van der Waals surface area contributed by atoms with Crippen LogP contribution in [0.25, 0.3) is 0 Å². The van der Waals surface area contributed by atoms with Crippen LogP contribution in [0.1, 0.15) is 52.0 Å². The van der Waals surface area contributed by atoms with Gasteiger partial charge in [-0.2, -0.15) is 5.10 Å². The van der Waals surface area contributed by atoms with E-state index in [0.29, 0.717) is 17.9 Å². The summed E-state index contributed by atoms with van der Waals surface area (Å²) in [6.45, 7) is 7.37. The van der Waals surface area contributed by atoms with Crippen molar-refractivity contribution in [3.05, 3.63) is 11.8 Å². The molecule has 1 aliphatic rings. The molecule has 1 aromatic heterocycles. The number of anilines is 1. The zero-order valence-electron chi connectivity index (χ0n) is 15.0. The van der Waals surface area contributed by atoms with Crippen LogP contribution in [0.5, 0.6) is 0 Å². The van der Waals surface area contributed by atoms with Crippen molar-refractivity contribution in [2.24, 2.45) is 0 Å². The Hall–Kier alpha value is -2.42. The van der Waals surface area contributed by atoms with Gasteiger partial charge in [-0.3, -0.25) is 19.7 Å². The lowest BCUT2D eigenvalue weighted by molar-refractivity contribution is -0.136. The maximum Gasteiger partial charge on any atom is 0.314 e. The highest BCUT2D eigenvalue weighted by Gasteiger charge is 2.29. The lowest BCUT2D eigenvalue weighted by Crippen LogP contribution is -2.53. The normalized spacial score (nSPS) is 20.3. The molecule has 2 unspecified atom stereocenters. The molecule has 9 heteroatoms. The Balaban J connectivity index is 2.15. The lowest BCUT2D eigenvalue weighted by atomic mass is 10.1. The van der Waals surface area contributed by atoms with Crippen LogP contribution < -0.4 is 21.3 Å². The van der Waals surface area contributed by atoms with Crippen molar-refractivity contribution in [1.29, 1.82) is 0 Å². The Bertz CT molecular complexity index is 654. The molecule has 0 aromatic carbocycles. The third-order valence-corrected chi connectivity index (χ3v) is 3.73. The molecule has 2 heterocycles. The van der Waals surface area contributed by atoms with Gasteiger partial charge in [0.25, 0.3) is 0 Å². The van der Waals surface area contributed by atoms with Crippen LogP contribution in [0.3, 0.4) is 0 Å². The number of hydrogen-bond donors (Lipinski definition) is 4. The molecule has 1 saturated heterocycles. The number of hydrogen-bond acceptors (Lipinski definition) is 5. The molecule has 1 fully saturated rings. The molecular weight excluding hydrogens is 324 g/mol.